The highest BCUT2D eigenvalue weighted by atomic mass is 79.9. The highest BCUT2D eigenvalue weighted by Crippen LogP contribution is 2.27. The summed E-state index contributed by atoms with van der Waals surface area (Å²) in [5, 5.41) is 6.66. The number of nitrogens with zero attached hydrogens (tertiary/aromatic N) is 1. The first kappa shape index (κ1) is 19.0. The molecule has 1 aromatic heterocycles. The number of rotatable bonds is 7. The summed E-state index contributed by atoms with van der Waals surface area (Å²) < 4.78 is 0.832. The van der Waals surface area contributed by atoms with Crippen molar-refractivity contribution in [1.82, 2.24) is 15.6 Å². The maximum absolute atomic E-state index is 12.0. The lowest BCUT2D eigenvalue weighted by atomic mass is 10.0. The summed E-state index contributed by atoms with van der Waals surface area (Å²) in [6.07, 6.45) is 6.55. The highest BCUT2D eigenvalue weighted by Gasteiger charge is 2.14. The van der Waals surface area contributed by atoms with Gasteiger partial charge < -0.3 is 10.6 Å². The average Bonchev–Trinajstić information content (AvgIpc) is 3.06. The van der Waals surface area contributed by atoms with Crippen molar-refractivity contribution in [1.29, 1.82) is 0 Å². The molecule has 0 radical (unpaired) electrons. The molecule has 2 amide bonds. The smallest absolute Gasteiger partial charge is 0.251 e. The minimum Gasteiger partial charge on any atom is -0.355 e. The molecular weight excluding hydrogens is 414 g/mol. The average molecular weight is 436 g/mol. The zero-order chi connectivity index (χ0) is 18.4. The molecule has 7 heteroatoms. The molecule has 0 bridgehead atoms. The third-order valence-electron chi connectivity index (χ3n) is 4.28. The first-order valence-corrected chi connectivity index (χ1v) is 10.5. The Hall–Kier alpha value is -1.73. The molecule has 0 unspecified atom stereocenters. The number of hydrogen-bond acceptors (Lipinski definition) is 4. The molecule has 1 aromatic carbocycles. The van der Waals surface area contributed by atoms with Crippen molar-refractivity contribution in [3.05, 3.63) is 49.9 Å². The Morgan fingerprint density at radius 2 is 2.04 bits per heavy atom. The lowest BCUT2D eigenvalue weighted by Crippen LogP contribution is -2.37. The van der Waals surface area contributed by atoms with Crippen molar-refractivity contribution in [2.45, 2.75) is 38.5 Å². The summed E-state index contributed by atoms with van der Waals surface area (Å²) in [5.41, 5.74) is 1.82. The Bertz CT molecular complexity index is 767. The van der Waals surface area contributed by atoms with Crippen LogP contribution in [0.25, 0.3) is 0 Å². The molecule has 0 fully saturated rings. The normalized spacial score (nSPS) is 13.1. The Labute approximate surface area is 165 Å². The van der Waals surface area contributed by atoms with Crippen LogP contribution in [-0.4, -0.2) is 29.9 Å². The monoisotopic (exact) mass is 435 g/mol. The summed E-state index contributed by atoms with van der Waals surface area (Å²) in [4.78, 5) is 30.0. The summed E-state index contributed by atoms with van der Waals surface area (Å²) in [6.45, 7) is 0.576. The molecule has 3 rings (SSSR count). The lowest BCUT2D eigenvalue weighted by Gasteiger charge is -2.07. The second kappa shape index (κ2) is 9.28. The van der Waals surface area contributed by atoms with E-state index in [9.17, 15) is 9.59 Å². The van der Waals surface area contributed by atoms with Crippen LogP contribution < -0.4 is 10.6 Å². The van der Waals surface area contributed by atoms with Gasteiger partial charge in [-0.15, -0.1) is 11.3 Å². The van der Waals surface area contributed by atoms with E-state index in [0.29, 0.717) is 12.1 Å². The first-order valence-electron chi connectivity index (χ1n) is 8.90. The predicted octanol–water partition coefficient (Wildman–Crippen LogP) is 3.26. The summed E-state index contributed by atoms with van der Waals surface area (Å²) in [6, 6.07) is 7.07. The summed E-state index contributed by atoms with van der Waals surface area (Å²) in [7, 11) is 0. The van der Waals surface area contributed by atoms with Gasteiger partial charge in [0.15, 0.2) is 0 Å². The quantitative estimate of drug-likeness (QED) is 0.655. The number of nitrogens with one attached hydrogen (secondary N) is 2. The maximum Gasteiger partial charge on any atom is 0.251 e. The number of fused-ring (bicyclic) bond motifs is 1. The third kappa shape index (κ3) is 5.38. The summed E-state index contributed by atoms with van der Waals surface area (Å²) >= 11 is 5.15. The van der Waals surface area contributed by atoms with E-state index in [4.69, 9.17) is 4.98 Å². The standard InChI is InChI=1S/C19H22BrN3O2S/c20-14-6-3-5-13(11-14)19(25)22-12-17(24)21-10-4-9-18-23-15-7-1-2-8-16(15)26-18/h3,5-6,11H,1-2,4,7-10,12H2,(H,21,24)(H,22,25). The van der Waals surface area contributed by atoms with Crippen molar-refractivity contribution in [2.75, 3.05) is 13.1 Å². The van der Waals surface area contributed by atoms with Crippen LogP contribution in [0.5, 0.6) is 0 Å². The number of carbonyl (C=O) groups excluding carboxylic acids is 2. The summed E-state index contributed by atoms with van der Waals surface area (Å²) in [5.74, 6) is -0.429. The fraction of sp³-hybridized carbons (Fsp3) is 0.421. The Balaban J connectivity index is 1.34. The van der Waals surface area contributed by atoms with Crippen LogP contribution in [0.2, 0.25) is 0 Å². The van der Waals surface area contributed by atoms with E-state index in [1.165, 1.54) is 34.8 Å². The van der Waals surface area contributed by atoms with Gasteiger partial charge in [-0.2, -0.15) is 0 Å². The molecular formula is C19H22BrN3O2S. The van der Waals surface area contributed by atoms with Crippen LogP contribution in [-0.2, 0) is 24.1 Å². The van der Waals surface area contributed by atoms with E-state index in [0.717, 1.165) is 23.7 Å². The topological polar surface area (TPSA) is 71.1 Å². The molecule has 1 aliphatic rings. The molecule has 0 saturated carbocycles. The molecule has 26 heavy (non-hydrogen) atoms. The second-order valence-electron chi connectivity index (χ2n) is 6.33. The molecule has 0 aliphatic heterocycles. The Morgan fingerprint density at radius 1 is 1.19 bits per heavy atom. The number of thiazole rings is 1. The van der Waals surface area contributed by atoms with Crippen LogP contribution in [0.3, 0.4) is 0 Å². The Kier molecular flexibility index (Phi) is 6.80. The Morgan fingerprint density at radius 3 is 2.85 bits per heavy atom. The number of hydrogen-bond donors (Lipinski definition) is 2. The fourth-order valence-electron chi connectivity index (χ4n) is 2.93. The van der Waals surface area contributed by atoms with Gasteiger partial charge in [0.1, 0.15) is 0 Å². The zero-order valence-electron chi connectivity index (χ0n) is 14.5. The van der Waals surface area contributed by atoms with Gasteiger partial charge in [-0.3, -0.25) is 9.59 Å². The molecule has 5 nitrogen and oxygen atoms in total. The van der Waals surface area contributed by atoms with Crippen molar-refractivity contribution < 1.29 is 9.59 Å². The van der Waals surface area contributed by atoms with Crippen molar-refractivity contribution >= 4 is 39.1 Å². The van der Waals surface area contributed by atoms with Gasteiger partial charge in [-0.1, -0.05) is 22.0 Å². The molecule has 2 N–H and O–H groups in total. The number of aromatic nitrogens is 1. The number of benzene rings is 1. The van der Waals surface area contributed by atoms with Crippen LogP contribution >= 0.6 is 27.3 Å². The molecule has 0 atom stereocenters. The van der Waals surface area contributed by atoms with Gasteiger partial charge in [0.2, 0.25) is 5.91 Å². The van der Waals surface area contributed by atoms with Gasteiger partial charge in [0.05, 0.1) is 17.2 Å². The van der Waals surface area contributed by atoms with Crippen LogP contribution in [0.1, 0.15) is 45.2 Å². The van der Waals surface area contributed by atoms with E-state index in [2.05, 4.69) is 26.6 Å². The van der Waals surface area contributed by atoms with Crippen LogP contribution in [0.15, 0.2) is 28.7 Å². The molecule has 138 valence electrons. The third-order valence-corrected chi connectivity index (χ3v) is 5.99. The predicted molar refractivity (Wildman–Crippen MR) is 107 cm³/mol. The maximum atomic E-state index is 12.0. The molecule has 2 aromatic rings. The number of aryl methyl sites for hydroxylation is 3. The van der Waals surface area contributed by atoms with E-state index in [1.807, 2.05) is 17.4 Å². The number of carbonyl (C=O) groups is 2. The van der Waals surface area contributed by atoms with E-state index in [-0.39, 0.29) is 18.4 Å². The minimum atomic E-state index is -0.255. The molecule has 1 heterocycles. The number of amides is 2. The van der Waals surface area contributed by atoms with Gasteiger partial charge in [0, 0.05) is 27.9 Å². The largest absolute Gasteiger partial charge is 0.355 e. The van der Waals surface area contributed by atoms with Crippen molar-refractivity contribution in [3.8, 4) is 0 Å². The van der Waals surface area contributed by atoms with E-state index >= 15 is 0 Å². The van der Waals surface area contributed by atoms with Crippen molar-refractivity contribution in [2.24, 2.45) is 0 Å². The lowest BCUT2D eigenvalue weighted by molar-refractivity contribution is -0.120. The highest BCUT2D eigenvalue weighted by molar-refractivity contribution is 9.10. The minimum absolute atomic E-state index is 0.0170. The zero-order valence-corrected chi connectivity index (χ0v) is 16.9. The van der Waals surface area contributed by atoms with Gasteiger partial charge >= 0.3 is 0 Å². The molecule has 0 saturated heterocycles. The first-order chi connectivity index (χ1) is 12.6. The van der Waals surface area contributed by atoms with Gasteiger partial charge in [0.25, 0.3) is 5.91 Å². The van der Waals surface area contributed by atoms with Crippen molar-refractivity contribution in [3.63, 3.8) is 0 Å². The van der Waals surface area contributed by atoms with E-state index in [1.54, 1.807) is 18.2 Å². The van der Waals surface area contributed by atoms with Crippen LogP contribution in [0.4, 0.5) is 0 Å². The van der Waals surface area contributed by atoms with E-state index < -0.39 is 0 Å². The molecule has 0 spiro atoms. The number of halogens is 1. The van der Waals surface area contributed by atoms with Gasteiger partial charge in [-0.25, -0.2) is 4.98 Å². The fourth-order valence-corrected chi connectivity index (χ4v) is 4.53. The van der Waals surface area contributed by atoms with Crippen LogP contribution in [0, 0.1) is 0 Å². The van der Waals surface area contributed by atoms with Gasteiger partial charge in [-0.05, 0) is 50.3 Å². The SMILES string of the molecule is O=C(CNC(=O)c1cccc(Br)c1)NCCCc1nc2c(s1)CCCC2. The second-order valence-corrected chi connectivity index (χ2v) is 8.41. The molecule has 1 aliphatic carbocycles.